The second kappa shape index (κ2) is 6.31. The van der Waals surface area contributed by atoms with Crippen LogP contribution in [0.3, 0.4) is 0 Å². The number of piperazine rings is 1. The Bertz CT molecular complexity index is 1190. The Kier molecular flexibility index (Phi) is 3.78. The summed E-state index contributed by atoms with van der Waals surface area (Å²) in [5.41, 5.74) is 0.703. The molecular formula is C22H22FN3O4. The smallest absolute Gasteiger partial charge is 0.341 e. The van der Waals surface area contributed by atoms with Crippen LogP contribution in [0.25, 0.3) is 16.6 Å². The van der Waals surface area contributed by atoms with Crippen molar-refractivity contribution in [2.45, 2.75) is 38.1 Å². The summed E-state index contributed by atoms with van der Waals surface area (Å²) >= 11 is 0. The van der Waals surface area contributed by atoms with Gasteiger partial charge in [0, 0.05) is 44.8 Å². The maximum atomic E-state index is 15.4. The number of carboxylic acids is 1. The third-order valence-electron chi connectivity index (χ3n) is 6.75. The van der Waals surface area contributed by atoms with Crippen LogP contribution in [0.5, 0.6) is 5.75 Å². The number of fused-ring (bicyclic) bond motifs is 1. The van der Waals surface area contributed by atoms with E-state index in [1.807, 2.05) is 4.90 Å². The SMILES string of the molecule is O=C(O)c1cn2c3c(c(N4CCN(C5CC5)CC4)c(F)cc3c1=O)OC1=C2CCC1. The number of nitrogens with zero attached hydrogens (tertiary/aromatic N) is 3. The van der Waals surface area contributed by atoms with Crippen LogP contribution in [-0.4, -0.2) is 52.8 Å². The van der Waals surface area contributed by atoms with Crippen LogP contribution >= 0.6 is 0 Å². The van der Waals surface area contributed by atoms with Gasteiger partial charge in [0.05, 0.1) is 11.1 Å². The number of hydrogen-bond acceptors (Lipinski definition) is 5. The van der Waals surface area contributed by atoms with Crippen LogP contribution in [0.2, 0.25) is 0 Å². The molecule has 4 aliphatic rings. The fourth-order valence-corrected chi connectivity index (χ4v) is 5.11. The number of anilines is 1. The molecule has 2 aliphatic carbocycles. The number of halogens is 1. The fraction of sp³-hybridized carbons (Fsp3) is 0.455. The van der Waals surface area contributed by atoms with E-state index in [-0.39, 0.29) is 10.9 Å². The molecule has 1 aromatic heterocycles. The molecule has 0 radical (unpaired) electrons. The third-order valence-corrected chi connectivity index (χ3v) is 6.75. The van der Waals surface area contributed by atoms with Crippen molar-refractivity contribution in [2.75, 3.05) is 31.1 Å². The largest absolute Gasteiger partial charge is 0.477 e. The van der Waals surface area contributed by atoms with Gasteiger partial charge in [-0.05, 0) is 31.7 Å². The zero-order valence-electron chi connectivity index (χ0n) is 16.5. The average molecular weight is 411 g/mol. The standard InChI is InChI=1S/C22H22FN3O4/c23-15-10-13-18-21(19(15)25-8-6-24(7-9-25)12-4-5-12)30-17-3-1-2-16(17)26(18)11-14(20(13)27)22(28)29/h10-12H,1-9H2,(H,28,29). The van der Waals surface area contributed by atoms with Crippen molar-refractivity contribution >= 4 is 28.3 Å². The van der Waals surface area contributed by atoms with Gasteiger partial charge in [0.15, 0.2) is 11.6 Å². The number of pyridine rings is 1. The van der Waals surface area contributed by atoms with E-state index in [0.717, 1.165) is 43.8 Å². The minimum absolute atomic E-state index is 0.0567. The number of benzene rings is 1. The van der Waals surface area contributed by atoms with E-state index >= 15 is 4.39 Å². The van der Waals surface area contributed by atoms with Crippen LogP contribution in [0.1, 0.15) is 42.5 Å². The van der Waals surface area contributed by atoms with Gasteiger partial charge in [-0.25, -0.2) is 9.18 Å². The Morgan fingerprint density at radius 3 is 2.63 bits per heavy atom. The van der Waals surface area contributed by atoms with Gasteiger partial charge >= 0.3 is 5.97 Å². The molecule has 2 fully saturated rings. The highest BCUT2D eigenvalue weighted by Crippen LogP contribution is 2.47. The number of aromatic carboxylic acids is 1. The monoisotopic (exact) mass is 411 g/mol. The second-order valence-corrected chi connectivity index (χ2v) is 8.56. The average Bonchev–Trinajstić information content (AvgIpc) is 3.47. The Labute approximate surface area is 171 Å². The molecule has 30 heavy (non-hydrogen) atoms. The van der Waals surface area contributed by atoms with Crippen molar-refractivity contribution < 1.29 is 19.0 Å². The van der Waals surface area contributed by atoms with E-state index in [9.17, 15) is 14.7 Å². The number of carboxylic acid groups (broad SMARTS) is 1. The summed E-state index contributed by atoms with van der Waals surface area (Å²) in [6.07, 6.45) is 6.20. The summed E-state index contributed by atoms with van der Waals surface area (Å²) in [6.45, 7) is 3.14. The highest BCUT2D eigenvalue weighted by atomic mass is 19.1. The van der Waals surface area contributed by atoms with E-state index in [0.29, 0.717) is 36.1 Å². The molecule has 0 spiro atoms. The zero-order chi connectivity index (χ0) is 20.6. The molecule has 2 aliphatic heterocycles. The van der Waals surface area contributed by atoms with E-state index in [1.165, 1.54) is 25.1 Å². The summed E-state index contributed by atoms with van der Waals surface area (Å²) in [5, 5.41) is 9.56. The number of carbonyl (C=O) groups is 1. The van der Waals surface area contributed by atoms with E-state index in [1.54, 1.807) is 4.57 Å². The Balaban J connectivity index is 1.54. The van der Waals surface area contributed by atoms with Gasteiger partial charge in [-0.2, -0.15) is 0 Å². The second-order valence-electron chi connectivity index (χ2n) is 8.56. The molecule has 1 aromatic carbocycles. The molecule has 0 atom stereocenters. The summed E-state index contributed by atoms with van der Waals surface area (Å²) in [5.74, 6) is -0.753. The predicted octanol–water partition coefficient (Wildman–Crippen LogP) is 2.87. The number of aromatic nitrogens is 1. The maximum Gasteiger partial charge on any atom is 0.341 e. The molecule has 3 heterocycles. The third kappa shape index (κ3) is 2.52. The van der Waals surface area contributed by atoms with Crippen LogP contribution in [0.15, 0.2) is 22.8 Å². The first-order valence-corrected chi connectivity index (χ1v) is 10.6. The van der Waals surface area contributed by atoms with Gasteiger partial charge in [0.25, 0.3) is 0 Å². The van der Waals surface area contributed by atoms with Gasteiger partial charge < -0.3 is 19.3 Å². The summed E-state index contributed by atoms with van der Waals surface area (Å²) in [7, 11) is 0. The minimum Gasteiger partial charge on any atom is -0.477 e. The number of ether oxygens (including phenoxy) is 1. The van der Waals surface area contributed by atoms with Crippen LogP contribution in [0, 0.1) is 5.82 Å². The normalized spacial score (nSPS) is 21.2. The molecule has 0 bridgehead atoms. The first kappa shape index (κ1) is 17.9. The van der Waals surface area contributed by atoms with Crippen LogP contribution in [0.4, 0.5) is 10.1 Å². The van der Waals surface area contributed by atoms with E-state index in [4.69, 9.17) is 4.74 Å². The predicted molar refractivity (Wildman–Crippen MR) is 110 cm³/mol. The molecule has 7 nitrogen and oxygen atoms in total. The van der Waals surface area contributed by atoms with E-state index < -0.39 is 17.2 Å². The van der Waals surface area contributed by atoms with Gasteiger partial charge in [-0.3, -0.25) is 9.69 Å². The molecular weight excluding hydrogens is 389 g/mol. The van der Waals surface area contributed by atoms with Crippen LogP contribution in [-0.2, 0) is 0 Å². The molecule has 0 unspecified atom stereocenters. The van der Waals surface area contributed by atoms with Crippen molar-refractivity contribution in [1.82, 2.24) is 9.47 Å². The molecule has 8 heteroatoms. The molecule has 1 saturated heterocycles. The maximum absolute atomic E-state index is 15.4. The lowest BCUT2D eigenvalue weighted by atomic mass is 10.1. The van der Waals surface area contributed by atoms with Gasteiger partial charge in [-0.15, -0.1) is 0 Å². The van der Waals surface area contributed by atoms with Crippen molar-refractivity contribution in [3.8, 4) is 5.75 Å². The Morgan fingerprint density at radius 2 is 1.93 bits per heavy atom. The molecule has 1 saturated carbocycles. The number of rotatable bonds is 3. The van der Waals surface area contributed by atoms with Gasteiger partial charge in [0.1, 0.15) is 22.5 Å². The van der Waals surface area contributed by atoms with Gasteiger partial charge in [-0.1, -0.05) is 0 Å². The highest BCUT2D eigenvalue weighted by molar-refractivity contribution is 5.99. The lowest BCUT2D eigenvalue weighted by Crippen LogP contribution is -2.47. The van der Waals surface area contributed by atoms with Crippen molar-refractivity contribution in [1.29, 1.82) is 0 Å². The molecule has 1 N–H and O–H groups in total. The minimum atomic E-state index is -1.31. The lowest BCUT2D eigenvalue weighted by Gasteiger charge is -2.37. The summed E-state index contributed by atoms with van der Waals surface area (Å²) in [6, 6.07) is 1.87. The Hall–Kier alpha value is -2.87. The fourth-order valence-electron chi connectivity index (χ4n) is 5.11. The first-order chi connectivity index (χ1) is 14.5. The first-order valence-electron chi connectivity index (χ1n) is 10.6. The highest BCUT2D eigenvalue weighted by Gasteiger charge is 2.36. The van der Waals surface area contributed by atoms with Crippen molar-refractivity contribution in [2.24, 2.45) is 0 Å². The Morgan fingerprint density at radius 1 is 1.17 bits per heavy atom. The molecule has 0 amide bonds. The van der Waals surface area contributed by atoms with Crippen molar-refractivity contribution in [3.63, 3.8) is 0 Å². The van der Waals surface area contributed by atoms with E-state index in [2.05, 4.69) is 4.90 Å². The number of allylic oxidation sites excluding steroid dienone is 2. The van der Waals surface area contributed by atoms with Crippen molar-refractivity contribution in [3.05, 3.63) is 39.6 Å². The zero-order valence-corrected chi connectivity index (χ0v) is 16.5. The molecule has 156 valence electrons. The van der Waals surface area contributed by atoms with Crippen LogP contribution < -0.4 is 15.1 Å². The summed E-state index contributed by atoms with van der Waals surface area (Å²) < 4.78 is 23.4. The lowest BCUT2D eigenvalue weighted by molar-refractivity contribution is 0.0695. The topological polar surface area (TPSA) is 75.0 Å². The molecule has 6 rings (SSSR count). The molecule has 2 aromatic rings. The summed E-state index contributed by atoms with van der Waals surface area (Å²) in [4.78, 5) is 28.9. The van der Waals surface area contributed by atoms with Gasteiger partial charge in [0.2, 0.25) is 5.43 Å². The number of hydrogen-bond donors (Lipinski definition) is 1. The quantitative estimate of drug-likeness (QED) is 0.837.